The fraction of sp³-hybridized carbons (Fsp3) is 0.133. The molecule has 1 aliphatic rings. The first-order valence-electron chi connectivity index (χ1n) is 6.46. The predicted molar refractivity (Wildman–Crippen MR) is 74.3 cm³/mol. The van der Waals surface area contributed by atoms with E-state index in [1.165, 1.54) is 23.2 Å². The van der Waals surface area contributed by atoms with E-state index in [9.17, 15) is 18.3 Å². The highest BCUT2D eigenvalue weighted by Gasteiger charge is 2.35. The van der Waals surface area contributed by atoms with E-state index in [0.717, 1.165) is 12.1 Å². The molecule has 4 nitrogen and oxygen atoms in total. The van der Waals surface area contributed by atoms with Crippen molar-refractivity contribution in [2.24, 2.45) is 0 Å². The summed E-state index contributed by atoms with van der Waals surface area (Å²) in [5, 5.41) is 12.0. The van der Waals surface area contributed by atoms with Gasteiger partial charge in [0, 0.05) is 18.0 Å². The van der Waals surface area contributed by atoms with Crippen molar-refractivity contribution in [3.8, 4) is 0 Å². The summed E-state index contributed by atoms with van der Waals surface area (Å²) in [7, 11) is 0. The Hall–Kier alpha value is -2.38. The van der Waals surface area contributed by atoms with E-state index in [0.29, 0.717) is 11.4 Å². The zero-order valence-corrected chi connectivity index (χ0v) is 11.2. The lowest BCUT2D eigenvalue weighted by molar-refractivity contribution is -0.137. The van der Waals surface area contributed by atoms with E-state index >= 15 is 0 Å². The van der Waals surface area contributed by atoms with Crippen LogP contribution in [0.25, 0.3) is 0 Å². The van der Waals surface area contributed by atoms with Gasteiger partial charge in [0.1, 0.15) is 5.82 Å². The Morgan fingerprint density at radius 1 is 1.09 bits per heavy atom. The normalized spacial score (nSPS) is 21.4. The molecule has 0 bridgehead atoms. The molecule has 0 aliphatic carbocycles. The quantitative estimate of drug-likeness (QED) is 0.896. The lowest BCUT2D eigenvalue weighted by Crippen LogP contribution is -2.44. The molecule has 0 radical (unpaired) electrons. The Kier molecular flexibility index (Phi) is 3.38. The number of alkyl halides is 3. The summed E-state index contributed by atoms with van der Waals surface area (Å²) >= 11 is 0. The first-order valence-corrected chi connectivity index (χ1v) is 6.46. The predicted octanol–water partition coefficient (Wildman–Crippen LogP) is 2.78. The van der Waals surface area contributed by atoms with E-state index in [1.807, 2.05) is 0 Å². The summed E-state index contributed by atoms with van der Waals surface area (Å²) in [6.07, 6.45) is 0.213. The molecule has 0 saturated heterocycles. The number of anilines is 1. The van der Waals surface area contributed by atoms with E-state index in [2.05, 4.69) is 10.4 Å². The van der Waals surface area contributed by atoms with Crippen LogP contribution in [0.5, 0.6) is 0 Å². The summed E-state index contributed by atoms with van der Waals surface area (Å²) in [4.78, 5) is 4.12. The molecule has 1 aromatic heterocycles. The fourth-order valence-corrected chi connectivity index (χ4v) is 2.14. The van der Waals surface area contributed by atoms with E-state index in [-0.39, 0.29) is 0 Å². The molecule has 1 unspecified atom stereocenters. The Balaban J connectivity index is 1.82. The maximum absolute atomic E-state index is 12.6. The molecular formula is C15H12F3N3O. The monoisotopic (exact) mass is 307 g/mol. The molecule has 0 fully saturated rings. The van der Waals surface area contributed by atoms with Crippen LogP contribution in [-0.4, -0.2) is 10.1 Å². The molecule has 1 aliphatic heterocycles. The van der Waals surface area contributed by atoms with Crippen LogP contribution in [0, 0.1) is 0 Å². The summed E-state index contributed by atoms with van der Waals surface area (Å²) < 4.78 is 37.7. The van der Waals surface area contributed by atoms with Crippen molar-refractivity contribution in [3.05, 3.63) is 72.1 Å². The highest BCUT2D eigenvalue weighted by Crippen LogP contribution is 2.32. The second-order valence-electron chi connectivity index (χ2n) is 4.83. The van der Waals surface area contributed by atoms with Gasteiger partial charge in [-0.05, 0) is 30.3 Å². The van der Waals surface area contributed by atoms with Crippen LogP contribution in [0.3, 0.4) is 0 Å². The number of pyridine rings is 1. The first kappa shape index (κ1) is 14.6. The first-order chi connectivity index (χ1) is 10.4. The number of nitrogens with one attached hydrogen (secondary N) is 1. The van der Waals surface area contributed by atoms with Gasteiger partial charge in [-0.15, -0.1) is 0 Å². The number of benzene rings is 1. The maximum Gasteiger partial charge on any atom is 0.416 e. The summed E-state index contributed by atoms with van der Waals surface area (Å²) in [6.45, 7) is 0. The van der Waals surface area contributed by atoms with Crippen LogP contribution in [0.1, 0.15) is 11.1 Å². The number of hydrogen-bond acceptors (Lipinski definition) is 4. The van der Waals surface area contributed by atoms with Gasteiger partial charge in [-0.2, -0.15) is 18.6 Å². The average Bonchev–Trinajstić information content (AvgIpc) is 2.91. The van der Waals surface area contributed by atoms with Crippen LogP contribution in [0.4, 0.5) is 19.0 Å². The topological polar surface area (TPSA) is 48.4 Å². The van der Waals surface area contributed by atoms with Gasteiger partial charge < -0.3 is 5.11 Å². The van der Waals surface area contributed by atoms with E-state index in [1.54, 1.807) is 30.6 Å². The highest BCUT2D eigenvalue weighted by atomic mass is 19.4. The molecule has 2 aromatic rings. The third kappa shape index (κ3) is 2.68. The number of rotatable bonds is 2. The Labute approximate surface area is 124 Å². The van der Waals surface area contributed by atoms with Crippen molar-refractivity contribution in [2.75, 3.05) is 5.01 Å². The summed E-state index contributed by atoms with van der Waals surface area (Å²) in [5.74, 6) is 0.557. The van der Waals surface area contributed by atoms with Crippen molar-refractivity contribution < 1.29 is 18.3 Å². The zero-order chi connectivity index (χ0) is 15.8. The van der Waals surface area contributed by atoms with Crippen LogP contribution in [-0.2, 0) is 11.9 Å². The SMILES string of the molecule is OC1(c2ccc(C(F)(F)F)cc2)C=CN(c2ccccn2)N1. The molecule has 114 valence electrons. The van der Waals surface area contributed by atoms with Gasteiger partial charge in [-0.3, -0.25) is 5.01 Å². The van der Waals surface area contributed by atoms with Gasteiger partial charge >= 0.3 is 6.18 Å². The third-order valence-corrected chi connectivity index (χ3v) is 3.30. The van der Waals surface area contributed by atoms with E-state index in [4.69, 9.17) is 0 Å². The Bertz CT molecular complexity index is 685. The largest absolute Gasteiger partial charge is 0.416 e. The molecule has 0 saturated carbocycles. The van der Waals surface area contributed by atoms with E-state index < -0.39 is 17.5 Å². The standard InChI is InChI=1S/C15H12F3N3O/c16-15(17,18)12-6-4-11(5-7-12)14(22)8-10-21(20-14)13-3-1-2-9-19-13/h1-10,20,22H. The number of nitrogens with zero attached hydrogens (tertiary/aromatic N) is 2. The molecule has 1 atom stereocenters. The van der Waals surface area contributed by atoms with Gasteiger partial charge in [-0.25, -0.2) is 4.98 Å². The number of aliphatic hydroxyl groups is 1. The van der Waals surface area contributed by atoms with Crippen molar-refractivity contribution in [2.45, 2.75) is 11.9 Å². The molecule has 7 heteroatoms. The zero-order valence-electron chi connectivity index (χ0n) is 11.2. The smallest absolute Gasteiger partial charge is 0.367 e. The highest BCUT2D eigenvalue weighted by molar-refractivity contribution is 5.45. The molecule has 2 heterocycles. The van der Waals surface area contributed by atoms with Gasteiger partial charge in [0.25, 0.3) is 0 Å². The van der Waals surface area contributed by atoms with Crippen molar-refractivity contribution >= 4 is 5.82 Å². The second-order valence-corrected chi connectivity index (χ2v) is 4.83. The van der Waals surface area contributed by atoms with Gasteiger partial charge in [0.05, 0.1) is 5.56 Å². The molecule has 2 N–H and O–H groups in total. The number of hydrogen-bond donors (Lipinski definition) is 2. The number of hydrazine groups is 1. The number of aromatic nitrogens is 1. The summed E-state index contributed by atoms with van der Waals surface area (Å²) in [5.41, 5.74) is 0.751. The molecule has 1 aromatic carbocycles. The van der Waals surface area contributed by atoms with Crippen molar-refractivity contribution in [1.82, 2.24) is 10.4 Å². The lowest BCUT2D eigenvalue weighted by Gasteiger charge is -2.26. The van der Waals surface area contributed by atoms with Crippen LogP contribution < -0.4 is 10.4 Å². The molecule has 3 rings (SSSR count). The van der Waals surface area contributed by atoms with Crippen LogP contribution in [0.15, 0.2) is 60.9 Å². The Morgan fingerprint density at radius 2 is 1.82 bits per heavy atom. The molecule has 22 heavy (non-hydrogen) atoms. The van der Waals surface area contributed by atoms with Gasteiger partial charge in [0.2, 0.25) is 0 Å². The van der Waals surface area contributed by atoms with Crippen molar-refractivity contribution in [3.63, 3.8) is 0 Å². The maximum atomic E-state index is 12.6. The van der Waals surface area contributed by atoms with Gasteiger partial charge in [0.15, 0.2) is 5.72 Å². The molecular weight excluding hydrogens is 295 g/mol. The molecule has 0 spiro atoms. The van der Waals surface area contributed by atoms with Crippen LogP contribution in [0.2, 0.25) is 0 Å². The minimum absolute atomic E-state index is 0.301. The third-order valence-electron chi connectivity index (χ3n) is 3.30. The van der Waals surface area contributed by atoms with Gasteiger partial charge in [-0.1, -0.05) is 18.2 Å². The average molecular weight is 307 g/mol. The minimum Gasteiger partial charge on any atom is -0.367 e. The second kappa shape index (κ2) is 5.11. The van der Waals surface area contributed by atoms with Crippen molar-refractivity contribution in [1.29, 1.82) is 0 Å². The lowest BCUT2D eigenvalue weighted by atomic mass is 10.0. The fourth-order valence-electron chi connectivity index (χ4n) is 2.14. The summed E-state index contributed by atoms with van der Waals surface area (Å²) in [6, 6.07) is 9.62. The molecule has 0 amide bonds. The Morgan fingerprint density at radius 3 is 2.41 bits per heavy atom. The minimum atomic E-state index is -4.40. The number of halogens is 3. The van der Waals surface area contributed by atoms with Crippen LogP contribution >= 0.6 is 0 Å².